The molecule has 4 nitrogen and oxygen atoms in total. The Labute approximate surface area is 82.1 Å². The van der Waals surface area contributed by atoms with Crippen LogP contribution in [0.2, 0.25) is 0 Å². The number of rotatable bonds is 2. The molecule has 0 aliphatic carbocycles. The van der Waals surface area contributed by atoms with Gasteiger partial charge >= 0.3 is 5.97 Å². The van der Waals surface area contributed by atoms with E-state index in [-0.39, 0.29) is 0 Å². The molecule has 0 saturated heterocycles. The van der Waals surface area contributed by atoms with Gasteiger partial charge in [-0.2, -0.15) is 0 Å². The van der Waals surface area contributed by atoms with Crippen LogP contribution in [0.1, 0.15) is 16.8 Å². The normalized spacial score (nSPS) is 10.7. The molecule has 1 heterocycles. The second kappa shape index (κ2) is 3.91. The third-order valence-electron chi connectivity index (χ3n) is 1.95. The largest absolute Gasteiger partial charge is 0.478 e. The van der Waals surface area contributed by atoms with E-state index >= 15 is 0 Å². The predicted molar refractivity (Wildman–Crippen MR) is 54.8 cm³/mol. The summed E-state index contributed by atoms with van der Waals surface area (Å²) in [6.07, 6.45) is 4.19. The lowest BCUT2D eigenvalue weighted by Crippen LogP contribution is -1.99. The van der Waals surface area contributed by atoms with Gasteiger partial charge in [0.2, 0.25) is 0 Å². The van der Waals surface area contributed by atoms with Gasteiger partial charge in [-0.25, -0.2) is 4.79 Å². The molecule has 0 unspecified atom stereocenters. The Morgan fingerprint density at radius 2 is 2.21 bits per heavy atom. The standard InChI is InChI=1S/C10H12N2O2/c1-6-5-12-7(2)8(10(6)11)3-4-9(13)14/h3-5H,1-2H3,(H2,11,12)(H,13,14). The number of aromatic nitrogens is 1. The summed E-state index contributed by atoms with van der Waals surface area (Å²) in [5.74, 6) is -0.995. The molecule has 3 N–H and O–H groups in total. The molecule has 4 heteroatoms. The summed E-state index contributed by atoms with van der Waals surface area (Å²) in [6.45, 7) is 3.62. The fourth-order valence-corrected chi connectivity index (χ4v) is 1.11. The lowest BCUT2D eigenvalue weighted by Gasteiger charge is -2.06. The number of nitrogens with zero attached hydrogens (tertiary/aromatic N) is 1. The summed E-state index contributed by atoms with van der Waals surface area (Å²) >= 11 is 0. The highest BCUT2D eigenvalue weighted by Gasteiger charge is 2.04. The smallest absolute Gasteiger partial charge is 0.328 e. The zero-order chi connectivity index (χ0) is 10.7. The van der Waals surface area contributed by atoms with E-state index in [1.165, 1.54) is 6.08 Å². The first-order valence-electron chi connectivity index (χ1n) is 4.15. The molecule has 0 radical (unpaired) electrons. The number of aryl methyl sites for hydroxylation is 2. The summed E-state index contributed by atoms with van der Waals surface area (Å²) in [6, 6.07) is 0. The maximum absolute atomic E-state index is 10.3. The van der Waals surface area contributed by atoms with Crippen LogP contribution in [0.15, 0.2) is 12.3 Å². The molecule has 1 aromatic heterocycles. The minimum Gasteiger partial charge on any atom is -0.478 e. The second-order valence-electron chi connectivity index (χ2n) is 3.03. The number of carboxylic acid groups (broad SMARTS) is 1. The fraction of sp³-hybridized carbons (Fsp3) is 0.200. The molecular formula is C10H12N2O2. The third-order valence-corrected chi connectivity index (χ3v) is 1.95. The number of carboxylic acids is 1. The summed E-state index contributed by atoms with van der Waals surface area (Å²) < 4.78 is 0. The van der Waals surface area contributed by atoms with Crippen LogP contribution in [-0.2, 0) is 4.79 Å². The van der Waals surface area contributed by atoms with Gasteiger partial charge in [0.15, 0.2) is 0 Å². The first kappa shape index (κ1) is 10.2. The third kappa shape index (κ3) is 2.10. The first-order valence-corrected chi connectivity index (χ1v) is 4.15. The van der Waals surface area contributed by atoms with Gasteiger partial charge in [-0.3, -0.25) is 4.98 Å². The second-order valence-corrected chi connectivity index (χ2v) is 3.03. The van der Waals surface area contributed by atoms with Gasteiger partial charge in [0.05, 0.1) is 0 Å². The fourth-order valence-electron chi connectivity index (χ4n) is 1.11. The number of pyridine rings is 1. The van der Waals surface area contributed by atoms with E-state index in [4.69, 9.17) is 10.8 Å². The number of anilines is 1. The Hall–Kier alpha value is -1.84. The van der Waals surface area contributed by atoms with E-state index in [0.717, 1.165) is 17.3 Å². The van der Waals surface area contributed by atoms with Crippen molar-refractivity contribution in [2.45, 2.75) is 13.8 Å². The predicted octanol–water partition coefficient (Wildman–Crippen LogP) is 1.38. The van der Waals surface area contributed by atoms with E-state index in [9.17, 15) is 4.79 Å². The SMILES string of the molecule is Cc1cnc(C)c(C=CC(=O)O)c1N. The molecule has 0 amide bonds. The summed E-state index contributed by atoms with van der Waals surface area (Å²) in [5.41, 5.74) is 8.61. The molecule has 14 heavy (non-hydrogen) atoms. The highest BCUT2D eigenvalue weighted by atomic mass is 16.4. The number of hydrogen-bond acceptors (Lipinski definition) is 3. The highest BCUT2D eigenvalue weighted by molar-refractivity contribution is 5.87. The van der Waals surface area contributed by atoms with Crippen LogP contribution in [-0.4, -0.2) is 16.1 Å². The van der Waals surface area contributed by atoms with Gasteiger partial charge < -0.3 is 10.8 Å². The molecule has 0 aromatic carbocycles. The molecule has 0 aliphatic heterocycles. The molecule has 1 rings (SSSR count). The Morgan fingerprint density at radius 1 is 1.57 bits per heavy atom. The monoisotopic (exact) mass is 192 g/mol. The topological polar surface area (TPSA) is 76.2 Å². The van der Waals surface area contributed by atoms with Crippen LogP contribution in [0.5, 0.6) is 0 Å². The van der Waals surface area contributed by atoms with Gasteiger partial charge in [0, 0.05) is 29.2 Å². The van der Waals surface area contributed by atoms with Crippen LogP contribution in [0.3, 0.4) is 0 Å². The zero-order valence-electron chi connectivity index (χ0n) is 8.11. The molecule has 0 aliphatic rings. The van der Waals surface area contributed by atoms with Crippen molar-refractivity contribution in [1.82, 2.24) is 4.98 Å². The van der Waals surface area contributed by atoms with E-state index in [2.05, 4.69) is 4.98 Å². The molecule has 74 valence electrons. The van der Waals surface area contributed by atoms with Gasteiger partial charge in [-0.15, -0.1) is 0 Å². The number of nitrogens with two attached hydrogens (primary N) is 1. The van der Waals surface area contributed by atoms with Crippen molar-refractivity contribution in [3.63, 3.8) is 0 Å². The minimum atomic E-state index is -0.995. The minimum absolute atomic E-state index is 0.579. The number of hydrogen-bond donors (Lipinski definition) is 2. The first-order chi connectivity index (χ1) is 6.52. The maximum atomic E-state index is 10.3. The van der Waals surface area contributed by atoms with Crippen LogP contribution >= 0.6 is 0 Å². The molecule has 0 bridgehead atoms. The summed E-state index contributed by atoms with van der Waals surface area (Å²) in [5, 5.41) is 8.48. The van der Waals surface area contributed by atoms with Crippen molar-refractivity contribution in [3.8, 4) is 0 Å². The molecule has 0 saturated carbocycles. The molecule has 1 aromatic rings. The molecular weight excluding hydrogens is 180 g/mol. The van der Waals surface area contributed by atoms with E-state index in [1.807, 2.05) is 6.92 Å². The van der Waals surface area contributed by atoms with Crippen molar-refractivity contribution < 1.29 is 9.90 Å². The Morgan fingerprint density at radius 3 is 2.79 bits per heavy atom. The van der Waals surface area contributed by atoms with E-state index in [0.29, 0.717) is 11.3 Å². The van der Waals surface area contributed by atoms with Crippen LogP contribution < -0.4 is 5.73 Å². The lowest BCUT2D eigenvalue weighted by molar-refractivity contribution is -0.131. The molecule has 0 atom stereocenters. The highest BCUT2D eigenvalue weighted by Crippen LogP contribution is 2.19. The van der Waals surface area contributed by atoms with Crippen LogP contribution in [0.4, 0.5) is 5.69 Å². The number of nitrogen functional groups attached to an aromatic ring is 1. The summed E-state index contributed by atoms with van der Waals surface area (Å²) in [4.78, 5) is 14.4. The quantitative estimate of drug-likeness (QED) is 0.694. The van der Waals surface area contributed by atoms with Crippen molar-refractivity contribution >= 4 is 17.7 Å². The van der Waals surface area contributed by atoms with E-state index < -0.39 is 5.97 Å². The Bertz CT molecular complexity index is 397. The molecule has 0 fully saturated rings. The average molecular weight is 192 g/mol. The Balaban J connectivity index is 3.19. The van der Waals surface area contributed by atoms with E-state index in [1.54, 1.807) is 13.1 Å². The summed E-state index contributed by atoms with van der Waals surface area (Å²) in [7, 11) is 0. The van der Waals surface area contributed by atoms with Gasteiger partial charge in [0.1, 0.15) is 0 Å². The number of carbonyl (C=O) groups is 1. The lowest BCUT2D eigenvalue weighted by atomic mass is 10.1. The van der Waals surface area contributed by atoms with Crippen molar-refractivity contribution in [3.05, 3.63) is 29.1 Å². The zero-order valence-corrected chi connectivity index (χ0v) is 8.11. The Kier molecular flexibility index (Phi) is 2.86. The van der Waals surface area contributed by atoms with Crippen molar-refractivity contribution in [2.75, 3.05) is 5.73 Å². The number of aliphatic carboxylic acids is 1. The van der Waals surface area contributed by atoms with Gasteiger partial charge in [-0.1, -0.05) is 0 Å². The average Bonchev–Trinajstić information content (AvgIpc) is 2.11. The van der Waals surface area contributed by atoms with Crippen LogP contribution in [0, 0.1) is 13.8 Å². The maximum Gasteiger partial charge on any atom is 0.328 e. The molecule has 0 spiro atoms. The van der Waals surface area contributed by atoms with Crippen molar-refractivity contribution in [2.24, 2.45) is 0 Å². The van der Waals surface area contributed by atoms with Gasteiger partial charge in [0.25, 0.3) is 0 Å². The van der Waals surface area contributed by atoms with Gasteiger partial charge in [-0.05, 0) is 25.5 Å². The van der Waals surface area contributed by atoms with Crippen LogP contribution in [0.25, 0.3) is 6.08 Å². The van der Waals surface area contributed by atoms with Crippen molar-refractivity contribution in [1.29, 1.82) is 0 Å².